The van der Waals surface area contributed by atoms with E-state index in [1.54, 1.807) is 13.2 Å². The van der Waals surface area contributed by atoms with E-state index in [9.17, 15) is 4.79 Å². The van der Waals surface area contributed by atoms with Crippen LogP contribution in [0.5, 0.6) is 0 Å². The number of aromatic amines is 1. The molecule has 9 heteroatoms. The predicted molar refractivity (Wildman–Crippen MR) is 161 cm³/mol. The Morgan fingerprint density at radius 3 is 2.69 bits per heavy atom. The van der Waals surface area contributed by atoms with E-state index in [2.05, 4.69) is 44.9 Å². The maximum absolute atomic E-state index is 12.2. The molecule has 4 aromatic rings. The highest BCUT2D eigenvalue weighted by Crippen LogP contribution is 2.41. The Labute approximate surface area is 229 Å². The van der Waals surface area contributed by atoms with Gasteiger partial charge >= 0.3 is 0 Å². The summed E-state index contributed by atoms with van der Waals surface area (Å²) in [6.07, 6.45) is 8.59. The molecule has 0 fully saturated rings. The molecule has 9 nitrogen and oxygen atoms in total. The summed E-state index contributed by atoms with van der Waals surface area (Å²) in [6, 6.07) is 6.05. The SMILES string of the molecule is C=CC(=O)Nc1cc(-c2c(-c3cnn(CCN(C)C)c3)[nH]c3ncc(/C(=C/N)C(C)=NC)c(C)c23)ccc1C. The first-order valence-electron chi connectivity index (χ1n) is 12.8. The van der Waals surface area contributed by atoms with Crippen LogP contribution < -0.4 is 11.1 Å². The number of aliphatic imine (C=N–C) groups is 1. The molecule has 0 aliphatic rings. The Hall–Kier alpha value is -4.50. The molecule has 0 atom stereocenters. The third kappa shape index (κ3) is 5.53. The van der Waals surface area contributed by atoms with Crippen LogP contribution in [0, 0.1) is 13.8 Å². The van der Waals surface area contributed by atoms with Gasteiger partial charge in [0.05, 0.1) is 18.4 Å². The van der Waals surface area contributed by atoms with Crippen LogP contribution in [0.4, 0.5) is 5.69 Å². The van der Waals surface area contributed by atoms with Crippen LogP contribution in [0.2, 0.25) is 0 Å². The van der Waals surface area contributed by atoms with E-state index in [-0.39, 0.29) is 5.91 Å². The van der Waals surface area contributed by atoms with Crippen molar-refractivity contribution in [3.05, 3.63) is 72.3 Å². The first kappa shape index (κ1) is 27.5. The summed E-state index contributed by atoms with van der Waals surface area (Å²) in [4.78, 5) is 27.0. The Bertz CT molecular complexity index is 1600. The van der Waals surface area contributed by atoms with Gasteiger partial charge < -0.3 is 20.9 Å². The van der Waals surface area contributed by atoms with Crippen molar-refractivity contribution in [1.82, 2.24) is 24.6 Å². The van der Waals surface area contributed by atoms with Crippen molar-refractivity contribution in [3.8, 4) is 22.4 Å². The molecule has 3 heterocycles. The largest absolute Gasteiger partial charge is 0.404 e. The Kier molecular flexibility index (Phi) is 8.11. The van der Waals surface area contributed by atoms with Crippen LogP contribution in [0.1, 0.15) is 23.6 Å². The van der Waals surface area contributed by atoms with Crippen molar-refractivity contribution >= 4 is 33.9 Å². The number of hydrogen-bond donors (Lipinski definition) is 3. The molecule has 4 N–H and O–H groups in total. The lowest BCUT2D eigenvalue weighted by atomic mass is 9.92. The Morgan fingerprint density at radius 1 is 1.26 bits per heavy atom. The van der Waals surface area contributed by atoms with Gasteiger partial charge in [0.1, 0.15) is 5.65 Å². The lowest BCUT2D eigenvalue weighted by Crippen LogP contribution is -2.18. The summed E-state index contributed by atoms with van der Waals surface area (Å²) in [6.45, 7) is 11.2. The monoisotopic (exact) mass is 524 g/mol. The third-order valence-electron chi connectivity index (χ3n) is 6.93. The number of aromatic nitrogens is 4. The number of hydrogen-bond acceptors (Lipinski definition) is 6. The molecule has 0 radical (unpaired) electrons. The van der Waals surface area contributed by atoms with Gasteiger partial charge in [-0.1, -0.05) is 18.7 Å². The third-order valence-corrected chi connectivity index (χ3v) is 6.93. The zero-order valence-electron chi connectivity index (χ0n) is 23.5. The summed E-state index contributed by atoms with van der Waals surface area (Å²) in [5.41, 5.74) is 15.8. The molecule has 202 valence electrons. The van der Waals surface area contributed by atoms with Crippen LogP contribution in [0.15, 0.2) is 60.6 Å². The van der Waals surface area contributed by atoms with Crippen LogP contribution in [0.25, 0.3) is 39.0 Å². The molecule has 39 heavy (non-hydrogen) atoms. The second-order valence-corrected chi connectivity index (χ2v) is 9.80. The maximum atomic E-state index is 12.2. The normalized spacial score (nSPS) is 12.4. The number of anilines is 1. The number of H-pyrrole nitrogens is 1. The van der Waals surface area contributed by atoms with Crippen LogP contribution in [-0.2, 0) is 11.3 Å². The lowest BCUT2D eigenvalue weighted by Gasteiger charge is -2.13. The highest BCUT2D eigenvalue weighted by atomic mass is 16.1. The van der Waals surface area contributed by atoms with E-state index in [0.717, 1.165) is 80.2 Å². The smallest absolute Gasteiger partial charge is 0.247 e. The number of nitrogens with one attached hydrogen (secondary N) is 2. The van der Waals surface area contributed by atoms with Gasteiger partial charge in [-0.15, -0.1) is 0 Å². The van der Waals surface area contributed by atoms with Gasteiger partial charge in [0.25, 0.3) is 0 Å². The van der Waals surface area contributed by atoms with E-state index < -0.39 is 0 Å². The quantitative estimate of drug-likeness (QED) is 0.215. The molecule has 0 aliphatic carbocycles. The number of carbonyl (C=O) groups is 1. The van der Waals surface area contributed by atoms with Crippen molar-refractivity contribution < 1.29 is 4.79 Å². The maximum Gasteiger partial charge on any atom is 0.247 e. The topological polar surface area (TPSA) is 117 Å². The van der Waals surface area contributed by atoms with E-state index in [1.807, 2.05) is 63.3 Å². The van der Waals surface area contributed by atoms with Crippen molar-refractivity contribution in [2.45, 2.75) is 27.3 Å². The van der Waals surface area contributed by atoms with Gasteiger partial charge in [0.2, 0.25) is 5.91 Å². The van der Waals surface area contributed by atoms with Gasteiger partial charge in [-0.25, -0.2) is 4.98 Å². The minimum Gasteiger partial charge on any atom is -0.404 e. The fraction of sp³-hybridized carbons (Fsp3) is 0.267. The van der Waals surface area contributed by atoms with Crippen LogP contribution in [-0.4, -0.2) is 64.0 Å². The standard InChI is InChI=1S/C30H36N8O/c1-8-26(39)35-25-13-21(10-9-18(25)2)28-27-19(3)24(23(14-31)20(4)32-5)16-33-30(27)36-29(28)22-15-34-38(17-22)12-11-37(6)7/h8-10,13-17H,1,11-12,31H2,2-7H3,(H,33,36)(H,35,39)/b23-14+,32-20?. The number of allylic oxidation sites excluding steroid dienone is 1. The summed E-state index contributed by atoms with van der Waals surface area (Å²) >= 11 is 0. The number of amides is 1. The number of nitrogens with zero attached hydrogens (tertiary/aromatic N) is 5. The van der Waals surface area contributed by atoms with E-state index in [1.165, 1.54) is 6.08 Å². The number of nitrogens with two attached hydrogens (primary N) is 1. The zero-order valence-corrected chi connectivity index (χ0v) is 23.5. The first-order valence-corrected chi connectivity index (χ1v) is 12.8. The first-order chi connectivity index (χ1) is 18.7. The molecule has 0 bridgehead atoms. The zero-order chi connectivity index (χ0) is 28.3. The van der Waals surface area contributed by atoms with Crippen LogP contribution >= 0.6 is 0 Å². The fourth-order valence-electron chi connectivity index (χ4n) is 4.63. The van der Waals surface area contributed by atoms with Crippen molar-refractivity contribution in [1.29, 1.82) is 0 Å². The van der Waals surface area contributed by atoms with Gasteiger partial charge in [0.15, 0.2) is 0 Å². The molecule has 1 amide bonds. The van der Waals surface area contributed by atoms with Crippen LogP contribution in [0.3, 0.4) is 0 Å². The number of aryl methyl sites for hydroxylation is 2. The lowest BCUT2D eigenvalue weighted by molar-refractivity contribution is -0.111. The number of fused-ring (bicyclic) bond motifs is 1. The molecular formula is C30H36N8O. The van der Waals surface area contributed by atoms with Gasteiger partial charge in [-0.2, -0.15) is 5.10 Å². The minimum atomic E-state index is -0.260. The second kappa shape index (κ2) is 11.5. The molecule has 0 unspecified atom stereocenters. The summed E-state index contributed by atoms with van der Waals surface area (Å²) < 4.78 is 1.94. The molecule has 4 rings (SSSR count). The molecular weight excluding hydrogens is 488 g/mol. The molecule has 3 aromatic heterocycles. The molecule has 0 spiro atoms. The number of rotatable bonds is 9. The van der Waals surface area contributed by atoms with E-state index in [4.69, 9.17) is 10.7 Å². The van der Waals surface area contributed by atoms with Gasteiger partial charge in [-0.3, -0.25) is 14.5 Å². The van der Waals surface area contributed by atoms with E-state index in [0.29, 0.717) is 0 Å². The predicted octanol–water partition coefficient (Wildman–Crippen LogP) is 4.79. The number of carbonyl (C=O) groups excluding carboxylic acids is 1. The number of benzene rings is 1. The van der Waals surface area contributed by atoms with Gasteiger partial charge in [-0.05, 0) is 63.7 Å². The highest BCUT2D eigenvalue weighted by molar-refractivity contribution is 6.23. The molecule has 0 aliphatic heterocycles. The summed E-state index contributed by atoms with van der Waals surface area (Å²) in [7, 11) is 5.84. The highest BCUT2D eigenvalue weighted by Gasteiger charge is 2.22. The van der Waals surface area contributed by atoms with Gasteiger partial charge in [0, 0.05) is 71.2 Å². The Morgan fingerprint density at radius 2 is 2.03 bits per heavy atom. The number of likely N-dealkylation sites (N-methyl/N-ethyl adjacent to an activating group) is 1. The molecule has 0 saturated heterocycles. The van der Waals surface area contributed by atoms with E-state index >= 15 is 0 Å². The summed E-state index contributed by atoms with van der Waals surface area (Å²) in [5.74, 6) is -0.260. The average Bonchev–Trinajstić information content (AvgIpc) is 3.55. The summed E-state index contributed by atoms with van der Waals surface area (Å²) in [5, 5.41) is 8.51. The second-order valence-electron chi connectivity index (χ2n) is 9.80. The van der Waals surface area contributed by atoms with Crippen molar-refractivity contribution in [2.24, 2.45) is 10.7 Å². The van der Waals surface area contributed by atoms with Crippen molar-refractivity contribution in [2.75, 3.05) is 33.0 Å². The fourth-order valence-corrected chi connectivity index (χ4v) is 4.63. The molecule has 0 saturated carbocycles. The van der Waals surface area contributed by atoms with Crippen molar-refractivity contribution in [3.63, 3.8) is 0 Å². The molecule has 1 aromatic carbocycles. The average molecular weight is 525 g/mol. The Balaban J connectivity index is 1.99. The minimum absolute atomic E-state index is 0.260. The number of pyridine rings is 1.